The number of fused-ring (bicyclic) bond motifs is 1. The highest BCUT2D eigenvalue weighted by Crippen LogP contribution is 2.33. The number of hydrogen-bond donors (Lipinski definition) is 1. The maximum atomic E-state index is 13.1. The van der Waals surface area contributed by atoms with Gasteiger partial charge >= 0.3 is 0 Å². The number of anilines is 1. The first-order valence-corrected chi connectivity index (χ1v) is 13.3. The summed E-state index contributed by atoms with van der Waals surface area (Å²) in [6.07, 6.45) is 3.81. The molecule has 0 saturated carbocycles. The number of likely N-dealkylation sites (tertiary alicyclic amines) is 1. The highest BCUT2D eigenvalue weighted by atomic mass is 32.2. The minimum absolute atomic E-state index is 0.274. The Morgan fingerprint density at radius 2 is 2.06 bits per heavy atom. The quantitative estimate of drug-likeness (QED) is 0.342. The van der Waals surface area contributed by atoms with Crippen LogP contribution in [0.25, 0.3) is 11.0 Å². The van der Waals surface area contributed by atoms with E-state index in [-0.39, 0.29) is 5.91 Å². The highest BCUT2D eigenvalue weighted by Gasteiger charge is 2.22. The largest absolute Gasteiger partial charge is 0.451 e. The van der Waals surface area contributed by atoms with Crippen LogP contribution < -0.4 is 5.32 Å². The lowest BCUT2D eigenvalue weighted by atomic mass is 10.1. The smallest absolute Gasteiger partial charge is 0.293 e. The lowest BCUT2D eigenvalue weighted by Gasteiger charge is -2.25. The molecule has 0 radical (unpaired) electrons. The predicted molar refractivity (Wildman–Crippen MR) is 130 cm³/mol. The van der Waals surface area contributed by atoms with Gasteiger partial charge in [-0.25, -0.2) is 4.98 Å². The van der Waals surface area contributed by atoms with E-state index in [2.05, 4.69) is 25.4 Å². The lowest BCUT2D eigenvalue weighted by Crippen LogP contribution is -2.29. The van der Waals surface area contributed by atoms with E-state index in [1.807, 2.05) is 36.6 Å². The topological polar surface area (TPSA) is 84.2 Å². The molecule has 0 bridgehead atoms. The summed E-state index contributed by atoms with van der Waals surface area (Å²) >= 11 is 4.56. The van der Waals surface area contributed by atoms with Gasteiger partial charge in [-0.3, -0.25) is 15.0 Å². The van der Waals surface area contributed by atoms with Crippen molar-refractivity contribution in [2.24, 2.45) is 0 Å². The Labute approximate surface area is 198 Å². The molecule has 3 aromatic heterocycles. The number of hydrogen-bond acceptors (Lipinski definition) is 9. The number of nitrogens with zero attached hydrogens (tertiary/aromatic N) is 4. The number of thiazole rings is 1. The van der Waals surface area contributed by atoms with Crippen molar-refractivity contribution in [3.8, 4) is 0 Å². The zero-order valence-corrected chi connectivity index (χ0v) is 20.1. The zero-order valence-electron chi connectivity index (χ0n) is 17.7. The summed E-state index contributed by atoms with van der Waals surface area (Å²) in [6.45, 7) is 5.00. The number of thioether (sulfide) groups is 1. The number of aryl methyl sites for hydroxylation is 1. The van der Waals surface area contributed by atoms with Gasteiger partial charge in [-0.15, -0.1) is 21.5 Å². The van der Waals surface area contributed by atoms with E-state index in [9.17, 15) is 4.79 Å². The molecule has 0 aliphatic carbocycles. The van der Waals surface area contributed by atoms with Crippen LogP contribution in [-0.2, 0) is 12.3 Å². The van der Waals surface area contributed by atoms with E-state index in [0.29, 0.717) is 22.2 Å². The minimum atomic E-state index is -0.274. The van der Waals surface area contributed by atoms with Crippen LogP contribution in [0.2, 0.25) is 0 Å². The number of carbonyl (C=O) groups excluding carboxylic acids is 1. The fraction of sp³-hybridized carbons (Fsp3) is 0.364. The number of aromatic nitrogens is 3. The van der Waals surface area contributed by atoms with Gasteiger partial charge in [-0.05, 0) is 38.9 Å². The van der Waals surface area contributed by atoms with E-state index in [1.165, 1.54) is 30.6 Å². The Balaban J connectivity index is 1.32. The maximum absolute atomic E-state index is 13.1. The van der Waals surface area contributed by atoms with Crippen molar-refractivity contribution in [3.63, 3.8) is 0 Å². The number of carbonyl (C=O) groups is 1. The highest BCUT2D eigenvalue weighted by molar-refractivity contribution is 8.00. The Bertz CT molecular complexity index is 1230. The average molecular weight is 486 g/mol. The Kier molecular flexibility index (Phi) is 6.54. The first kappa shape index (κ1) is 21.6. The molecular weight excluding hydrogens is 462 g/mol. The van der Waals surface area contributed by atoms with Gasteiger partial charge in [-0.2, -0.15) is 0 Å². The molecule has 10 heteroatoms. The maximum Gasteiger partial charge on any atom is 0.293 e. The molecule has 1 saturated heterocycles. The summed E-state index contributed by atoms with van der Waals surface area (Å²) in [4.78, 5) is 20.2. The first-order chi connectivity index (χ1) is 15.7. The average Bonchev–Trinajstić information content (AvgIpc) is 3.52. The van der Waals surface area contributed by atoms with Gasteiger partial charge in [-0.1, -0.05) is 47.7 Å². The summed E-state index contributed by atoms with van der Waals surface area (Å²) in [7, 11) is 0. The van der Waals surface area contributed by atoms with Crippen LogP contribution >= 0.6 is 34.4 Å². The number of amides is 1. The van der Waals surface area contributed by atoms with Crippen molar-refractivity contribution >= 4 is 56.4 Å². The van der Waals surface area contributed by atoms with Gasteiger partial charge in [0.05, 0.1) is 5.69 Å². The summed E-state index contributed by atoms with van der Waals surface area (Å²) in [5, 5.41) is 15.7. The standard InChI is InChI=1S/C22H23N5O2S3/c1-14-25-26-22(32-14)31-13-17-16-7-3-4-8-18(16)29-19(17)20(28)24-21-23-15(12-30-21)11-27-9-5-2-6-10-27/h3-4,7-8,12H,2,5-6,9-11,13H2,1H3,(H,23,24,28). The molecule has 166 valence electrons. The van der Waals surface area contributed by atoms with Gasteiger partial charge < -0.3 is 4.42 Å². The third-order valence-electron chi connectivity index (χ3n) is 5.36. The second kappa shape index (κ2) is 9.70. The summed E-state index contributed by atoms with van der Waals surface area (Å²) in [5.74, 6) is 0.628. The molecule has 1 amide bonds. The van der Waals surface area contributed by atoms with E-state index in [1.54, 1.807) is 23.1 Å². The lowest BCUT2D eigenvalue weighted by molar-refractivity contribution is 0.0997. The van der Waals surface area contributed by atoms with E-state index < -0.39 is 0 Å². The van der Waals surface area contributed by atoms with Gasteiger partial charge in [0.25, 0.3) is 5.91 Å². The molecule has 5 rings (SSSR count). The molecule has 32 heavy (non-hydrogen) atoms. The number of piperidine rings is 1. The number of benzene rings is 1. The van der Waals surface area contributed by atoms with Crippen molar-refractivity contribution in [1.82, 2.24) is 20.1 Å². The monoisotopic (exact) mass is 485 g/mol. The molecule has 0 unspecified atom stereocenters. The van der Waals surface area contributed by atoms with E-state index >= 15 is 0 Å². The van der Waals surface area contributed by atoms with Crippen molar-refractivity contribution in [2.45, 2.75) is 42.8 Å². The van der Waals surface area contributed by atoms with Crippen LogP contribution in [0.5, 0.6) is 0 Å². The molecule has 0 atom stereocenters. The molecule has 4 heterocycles. The first-order valence-electron chi connectivity index (χ1n) is 10.6. The van der Waals surface area contributed by atoms with Crippen molar-refractivity contribution < 1.29 is 9.21 Å². The number of furan rings is 1. The normalized spacial score (nSPS) is 14.8. The van der Waals surface area contributed by atoms with E-state index in [4.69, 9.17) is 4.42 Å². The molecule has 7 nitrogen and oxygen atoms in total. The second-order valence-electron chi connectivity index (χ2n) is 7.72. The van der Waals surface area contributed by atoms with Crippen LogP contribution in [0.1, 0.15) is 46.1 Å². The molecule has 1 fully saturated rings. The third kappa shape index (κ3) is 4.88. The SMILES string of the molecule is Cc1nnc(SCc2c(C(=O)Nc3nc(CN4CCCCC4)cs3)oc3ccccc23)s1. The van der Waals surface area contributed by atoms with Gasteiger partial charge in [0, 0.05) is 28.6 Å². The molecule has 1 aromatic carbocycles. The Morgan fingerprint density at radius 3 is 2.88 bits per heavy atom. The van der Waals surface area contributed by atoms with Crippen molar-refractivity contribution in [2.75, 3.05) is 18.4 Å². The molecule has 0 spiro atoms. The molecule has 1 aliphatic rings. The van der Waals surface area contributed by atoms with Gasteiger partial charge in [0.15, 0.2) is 15.2 Å². The minimum Gasteiger partial charge on any atom is -0.451 e. The molecule has 4 aromatic rings. The fourth-order valence-electron chi connectivity index (χ4n) is 3.83. The van der Waals surface area contributed by atoms with Crippen LogP contribution in [0.4, 0.5) is 5.13 Å². The fourth-order valence-corrected chi connectivity index (χ4v) is 6.37. The van der Waals surface area contributed by atoms with Gasteiger partial charge in [0.2, 0.25) is 0 Å². The molecule has 1 N–H and O–H groups in total. The molecular formula is C22H23N5O2S3. The van der Waals surface area contributed by atoms with Crippen molar-refractivity contribution in [3.05, 3.63) is 51.7 Å². The zero-order chi connectivity index (χ0) is 21.9. The molecule has 1 aliphatic heterocycles. The number of para-hydroxylation sites is 1. The number of nitrogens with one attached hydrogen (secondary N) is 1. The van der Waals surface area contributed by atoms with Gasteiger partial charge in [0.1, 0.15) is 10.6 Å². The summed E-state index contributed by atoms with van der Waals surface area (Å²) in [6, 6.07) is 7.73. The number of rotatable bonds is 7. The van der Waals surface area contributed by atoms with Crippen LogP contribution in [0.3, 0.4) is 0 Å². The van der Waals surface area contributed by atoms with Crippen LogP contribution in [0.15, 0.2) is 38.4 Å². The van der Waals surface area contributed by atoms with Crippen molar-refractivity contribution in [1.29, 1.82) is 0 Å². The third-order valence-corrected chi connectivity index (χ3v) is 8.16. The van der Waals surface area contributed by atoms with Crippen LogP contribution in [0, 0.1) is 6.92 Å². The summed E-state index contributed by atoms with van der Waals surface area (Å²) < 4.78 is 6.84. The Morgan fingerprint density at radius 1 is 1.22 bits per heavy atom. The van der Waals surface area contributed by atoms with Crippen LogP contribution in [-0.4, -0.2) is 39.1 Å². The Hall–Kier alpha value is -2.27. The second-order valence-corrected chi connectivity index (χ2v) is 11.0. The predicted octanol–water partition coefficient (Wildman–Crippen LogP) is 5.58. The van der Waals surface area contributed by atoms with E-state index in [0.717, 1.165) is 45.6 Å². The summed E-state index contributed by atoms with van der Waals surface area (Å²) in [5.41, 5.74) is 2.56.